The first kappa shape index (κ1) is 39.0. The molecule has 0 aliphatic heterocycles. The molecule has 0 bridgehead atoms. The van der Waals surface area contributed by atoms with Crippen LogP contribution in [0, 0.1) is 0 Å². The van der Waals surface area contributed by atoms with Crippen molar-refractivity contribution in [2.24, 2.45) is 0 Å². The number of benzene rings is 11. The van der Waals surface area contributed by atoms with E-state index in [0.717, 1.165) is 22.7 Å². The van der Waals surface area contributed by atoms with Crippen LogP contribution < -0.4 is 9.80 Å². The van der Waals surface area contributed by atoms with E-state index in [9.17, 15) is 0 Å². The van der Waals surface area contributed by atoms with Gasteiger partial charge < -0.3 is 0 Å². The second-order valence-electron chi connectivity index (χ2n) is 16.8. The van der Waals surface area contributed by atoms with Gasteiger partial charge in [0.05, 0.1) is 0 Å². The monoisotopic (exact) mass is 972 g/mol. The van der Waals surface area contributed by atoms with Crippen LogP contribution in [0.2, 0.25) is 0 Å². The second-order valence-corrected chi connectivity index (χ2v) is 21.2. The van der Waals surface area contributed by atoms with Crippen molar-refractivity contribution in [1.29, 1.82) is 0 Å². The molecule has 0 amide bonds. The first-order chi connectivity index (χ1) is 32.8. The van der Waals surface area contributed by atoms with Gasteiger partial charge in [-0.25, -0.2) is 0 Å². The van der Waals surface area contributed by atoms with Crippen molar-refractivity contribution in [1.82, 2.24) is 0 Å². The number of rotatable bonds is 8. The van der Waals surface area contributed by atoms with E-state index in [1.807, 2.05) is 0 Å². The molecule has 0 aliphatic rings. The molecule has 0 radical (unpaired) electrons. The third kappa shape index (κ3) is 6.45. The molecule has 310 valence electrons. The van der Waals surface area contributed by atoms with E-state index >= 15 is 0 Å². The Labute approximate surface area is 395 Å². The molecule has 0 unspecified atom stereocenters. The van der Waals surface area contributed by atoms with E-state index in [1.165, 1.54) is 93.8 Å². The molecule has 0 spiro atoms. The summed E-state index contributed by atoms with van der Waals surface area (Å²) in [5.41, 5.74) is 11.9. The summed E-state index contributed by atoms with van der Waals surface area (Å²) in [5.74, 6) is 0. The van der Waals surface area contributed by atoms with Gasteiger partial charge in [-0.3, -0.25) is 0 Å². The van der Waals surface area contributed by atoms with Crippen molar-refractivity contribution < 1.29 is 0 Å². The summed E-state index contributed by atoms with van der Waals surface area (Å²) in [7, 11) is 0. The summed E-state index contributed by atoms with van der Waals surface area (Å²) in [6.07, 6.45) is 0. The zero-order chi connectivity index (χ0) is 43.6. The van der Waals surface area contributed by atoms with Crippen LogP contribution in [0.4, 0.5) is 34.1 Å². The normalized spacial score (nSPS) is 11.6. The quantitative estimate of drug-likeness (QED) is 0.111. The van der Waals surface area contributed by atoms with Gasteiger partial charge in [0.1, 0.15) is 0 Å². The van der Waals surface area contributed by atoms with Crippen LogP contribution in [0.3, 0.4) is 0 Å². The molecule has 0 N–H and O–H groups in total. The number of nitrogens with zero attached hydrogens (tertiary/aromatic N) is 2. The standard InChI is InChI=1S/C62H40N2Se2/c1-5-19-41(20-6-1)59-49-37-35-46(64(44-25-11-4-12-26-44)56-32-18-30-52-48-28-14-16-34-58(48)66-62(52)56)40-54(49)60(42-21-7-2-8-22-42)50-38-36-45(39-53(50)59)63(43-23-9-3-10-24-43)55-31-17-29-51-47-27-13-15-33-57(47)65-61(51)55/h1-40H. The van der Waals surface area contributed by atoms with Gasteiger partial charge in [0, 0.05) is 0 Å². The summed E-state index contributed by atoms with van der Waals surface area (Å²) in [6, 6.07) is 89.9. The van der Waals surface area contributed by atoms with Crippen molar-refractivity contribution >= 4 is 123 Å². The molecule has 13 aromatic rings. The topological polar surface area (TPSA) is 6.48 Å². The SMILES string of the molecule is c1ccc(-c2c3ccc(N(c4ccccc4)c4cccc5c4[se]c4ccccc45)cc3c(-c3ccccc3)c3ccc(N(c4ccccc4)c4cccc5c4[se]c4ccccc45)cc23)cc1. The molecule has 2 heterocycles. The van der Waals surface area contributed by atoms with Gasteiger partial charge in [0.2, 0.25) is 0 Å². The van der Waals surface area contributed by atoms with Gasteiger partial charge in [0.15, 0.2) is 0 Å². The maximum atomic E-state index is 2.49. The number of hydrogen-bond acceptors (Lipinski definition) is 2. The van der Waals surface area contributed by atoms with Crippen LogP contribution in [-0.2, 0) is 0 Å². The molecule has 2 nitrogen and oxygen atoms in total. The molecule has 2 aromatic heterocycles. The Kier molecular flexibility index (Phi) is 9.59. The average molecular weight is 971 g/mol. The fraction of sp³-hybridized carbons (Fsp3) is 0. The molecule has 0 atom stereocenters. The predicted octanol–water partition coefficient (Wildman–Crippen LogP) is 17.0. The van der Waals surface area contributed by atoms with E-state index in [2.05, 4.69) is 252 Å². The minimum atomic E-state index is 0.175. The fourth-order valence-electron chi connectivity index (χ4n) is 10.1. The van der Waals surface area contributed by atoms with E-state index in [1.54, 1.807) is 0 Å². The van der Waals surface area contributed by atoms with Gasteiger partial charge in [-0.2, -0.15) is 0 Å². The number of hydrogen-bond donors (Lipinski definition) is 0. The van der Waals surface area contributed by atoms with Gasteiger partial charge in [-0.15, -0.1) is 0 Å². The van der Waals surface area contributed by atoms with Crippen molar-refractivity contribution in [3.05, 3.63) is 243 Å². The Bertz CT molecular complexity index is 3670. The zero-order valence-corrected chi connectivity index (χ0v) is 39.2. The number of para-hydroxylation sites is 2. The molecule has 66 heavy (non-hydrogen) atoms. The Morgan fingerprint density at radius 2 is 0.606 bits per heavy atom. The van der Waals surface area contributed by atoms with Crippen LogP contribution >= 0.6 is 0 Å². The van der Waals surface area contributed by atoms with E-state index in [4.69, 9.17) is 0 Å². The predicted molar refractivity (Wildman–Crippen MR) is 286 cm³/mol. The molecule has 0 saturated carbocycles. The number of anilines is 6. The third-order valence-electron chi connectivity index (χ3n) is 13.0. The first-order valence-corrected chi connectivity index (χ1v) is 25.8. The van der Waals surface area contributed by atoms with Crippen LogP contribution in [-0.4, -0.2) is 29.0 Å². The fourth-order valence-corrected chi connectivity index (χ4v) is 15.2. The van der Waals surface area contributed by atoms with Gasteiger partial charge in [0.25, 0.3) is 0 Å². The van der Waals surface area contributed by atoms with E-state index in [0.29, 0.717) is 0 Å². The molecule has 0 aliphatic carbocycles. The van der Waals surface area contributed by atoms with Gasteiger partial charge >= 0.3 is 398 Å². The Morgan fingerprint density at radius 3 is 1.03 bits per heavy atom. The van der Waals surface area contributed by atoms with Crippen LogP contribution in [0.15, 0.2) is 243 Å². The molecular weight excluding hydrogens is 931 g/mol. The summed E-state index contributed by atoms with van der Waals surface area (Å²) >= 11 is 0.350. The molecule has 11 aromatic carbocycles. The van der Waals surface area contributed by atoms with Crippen LogP contribution in [0.5, 0.6) is 0 Å². The number of fused-ring (bicyclic) bond motifs is 8. The molecule has 4 heteroatoms. The Balaban J connectivity index is 1.10. The molecule has 0 fully saturated rings. The van der Waals surface area contributed by atoms with E-state index < -0.39 is 0 Å². The summed E-state index contributed by atoms with van der Waals surface area (Å²) in [4.78, 5) is 4.98. The molecule has 0 saturated heterocycles. The summed E-state index contributed by atoms with van der Waals surface area (Å²) in [5, 5.41) is 10.3. The second kappa shape index (κ2) is 16.2. The molecular formula is C62H40N2Se2. The van der Waals surface area contributed by atoms with Gasteiger partial charge in [-0.05, 0) is 0 Å². The van der Waals surface area contributed by atoms with Gasteiger partial charge in [-0.1, -0.05) is 0 Å². The average Bonchev–Trinajstić information content (AvgIpc) is 3.97. The first-order valence-electron chi connectivity index (χ1n) is 22.4. The van der Waals surface area contributed by atoms with E-state index in [-0.39, 0.29) is 29.0 Å². The van der Waals surface area contributed by atoms with Crippen molar-refractivity contribution in [3.8, 4) is 22.3 Å². The van der Waals surface area contributed by atoms with Crippen LogP contribution in [0.25, 0.3) is 82.4 Å². The third-order valence-corrected chi connectivity index (χ3v) is 18.1. The van der Waals surface area contributed by atoms with Crippen molar-refractivity contribution in [2.45, 2.75) is 0 Å². The molecule has 13 rings (SSSR count). The zero-order valence-electron chi connectivity index (χ0n) is 35.8. The van der Waals surface area contributed by atoms with Crippen molar-refractivity contribution in [2.75, 3.05) is 9.80 Å². The Hall–Kier alpha value is -7.42. The summed E-state index contributed by atoms with van der Waals surface area (Å²) in [6.45, 7) is 0. The minimum absolute atomic E-state index is 0.175. The Morgan fingerprint density at radius 1 is 0.242 bits per heavy atom. The maximum absolute atomic E-state index is 2.49. The van der Waals surface area contributed by atoms with Crippen LogP contribution in [0.1, 0.15) is 0 Å². The van der Waals surface area contributed by atoms with Crippen molar-refractivity contribution in [3.63, 3.8) is 0 Å². The summed E-state index contributed by atoms with van der Waals surface area (Å²) < 4.78 is 5.73.